The van der Waals surface area contributed by atoms with Crippen molar-refractivity contribution in [2.75, 3.05) is 19.7 Å². The van der Waals surface area contributed by atoms with Gasteiger partial charge in [-0.25, -0.2) is 0 Å². The van der Waals surface area contributed by atoms with Crippen molar-refractivity contribution in [3.63, 3.8) is 0 Å². The van der Waals surface area contributed by atoms with Crippen molar-refractivity contribution in [1.82, 2.24) is 5.32 Å². The third kappa shape index (κ3) is 6.94. The molecule has 3 aromatic rings. The zero-order valence-electron chi connectivity index (χ0n) is 28.2. The Kier molecular flexibility index (Phi) is 10.7. The van der Waals surface area contributed by atoms with Gasteiger partial charge >= 0.3 is 5.97 Å². The van der Waals surface area contributed by atoms with Gasteiger partial charge in [0.1, 0.15) is 35.6 Å². The number of aliphatic hydroxyl groups excluding tert-OH is 5. The van der Waals surface area contributed by atoms with Crippen molar-refractivity contribution in [3.8, 4) is 17.2 Å². The molecule has 7 N–H and O–H groups in total. The second-order valence-electron chi connectivity index (χ2n) is 13.0. The van der Waals surface area contributed by atoms with Crippen LogP contribution in [-0.4, -0.2) is 98.6 Å². The predicted octanol–water partition coefficient (Wildman–Crippen LogP) is 1.96. The largest absolute Gasteiger partial charge is 0.507 e. The summed E-state index contributed by atoms with van der Waals surface area (Å²) in [6, 6.07) is 9.89. The average molecular weight is 704 g/mol. The molecule has 51 heavy (non-hydrogen) atoms. The third-order valence-corrected chi connectivity index (χ3v) is 9.66. The summed E-state index contributed by atoms with van der Waals surface area (Å²) in [7, 11) is 0. The summed E-state index contributed by atoms with van der Waals surface area (Å²) >= 11 is 0. The number of ketones is 2. The fourth-order valence-corrected chi connectivity index (χ4v) is 7.08. The molecule has 0 saturated carbocycles. The van der Waals surface area contributed by atoms with Crippen molar-refractivity contribution < 1.29 is 59.2 Å². The van der Waals surface area contributed by atoms with Crippen molar-refractivity contribution in [3.05, 3.63) is 86.5 Å². The topological polar surface area (TPSA) is 212 Å². The van der Waals surface area contributed by atoms with Crippen LogP contribution in [0.5, 0.6) is 17.2 Å². The summed E-state index contributed by atoms with van der Waals surface area (Å²) in [6.45, 7) is 3.10. The maximum Gasteiger partial charge on any atom is 0.308 e. The molecule has 1 aliphatic carbocycles. The number of benzene rings is 3. The number of ether oxygens (including phenoxy) is 3. The number of phenols is 1. The molecule has 3 aromatic carbocycles. The molecule has 2 aliphatic heterocycles. The minimum absolute atomic E-state index is 0.00995. The first-order chi connectivity index (χ1) is 24.4. The van der Waals surface area contributed by atoms with Gasteiger partial charge in [0.2, 0.25) is 6.29 Å². The molecule has 13 heteroatoms. The maximum absolute atomic E-state index is 14.7. The summed E-state index contributed by atoms with van der Waals surface area (Å²) < 4.78 is 17.3. The Bertz CT molecular complexity index is 1880. The molecular weight excluding hydrogens is 662 g/mol. The van der Waals surface area contributed by atoms with Crippen molar-refractivity contribution in [1.29, 1.82) is 0 Å². The number of phenolic OH excluding ortho intramolecular Hbond substituents is 1. The second kappa shape index (κ2) is 15.0. The molecular formula is C38H41NO12. The van der Waals surface area contributed by atoms with E-state index in [1.165, 1.54) is 32.1 Å². The van der Waals surface area contributed by atoms with Crippen LogP contribution in [0, 0.1) is 0 Å². The van der Waals surface area contributed by atoms with Crippen LogP contribution in [0.2, 0.25) is 0 Å². The van der Waals surface area contributed by atoms with Gasteiger partial charge in [-0.2, -0.15) is 0 Å². The Labute approximate surface area is 293 Å². The quantitative estimate of drug-likeness (QED) is 0.0756. The molecule has 0 amide bonds. The van der Waals surface area contributed by atoms with Gasteiger partial charge in [0.05, 0.1) is 18.3 Å². The molecule has 2 saturated heterocycles. The van der Waals surface area contributed by atoms with Gasteiger partial charge in [-0.3, -0.25) is 14.4 Å². The standard InChI is InChI=1S/C38H41NO12/c1-18-32(43)36(47)37(48)38(49-18)51-27-16-25-31(34(45)28(27)22-8-11-39-12-9-22)35(46)29-23(17-41)15-26(50-19(2)42)24(30(29)33(25)44)7-6-20-4-3-5-21(14-20)10-13-40/h3-7,14-16,18,22,32,36-41,43,45,47-48H,8-13,17H2,1-2H3/t18-,32-,36-,37-,38-/m1/s1. The SMILES string of the molecule is CC(=O)Oc1cc(CO)c2c(c1C=Cc1cccc(CCO)c1)C(=O)c1cc(O[C@H]3O[C@H](C)[C@@H](O)[C@@H](O)[C@H]3O)c(C3CCNCC3)c(O)c1C2=O. The van der Waals surface area contributed by atoms with Crippen LogP contribution in [-0.2, 0) is 22.6 Å². The molecule has 0 spiro atoms. The fraction of sp³-hybridized carbons (Fsp3) is 0.395. The molecule has 13 nitrogen and oxygen atoms in total. The van der Waals surface area contributed by atoms with Gasteiger partial charge in [0.25, 0.3) is 0 Å². The zero-order chi connectivity index (χ0) is 36.6. The molecule has 0 unspecified atom stereocenters. The monoisotopic (exact) mass is 703 g/mol. The van der Waals surface area contributed by atoms with Gasteiger partial charge in [0.15, 0.2) is 11.6 Å². The Morgan fingerprint density at radius 3 is 2.37 bits per heavy atom. The number of carbonyl (C=O) groups is 3. The van der Waals surface area contributed by atoms with Crippen molar-refractivity contribution in [2.45, 2.75) is 76.3 Å². The minimum atomic E-state index is -1.70. The summed E-state index contributed by atoms with van der Waals surface area (Å²) in [5.74, 6) is -3.15. The van der Waals surface area contributed by atoms with Gasteiger partial charge in [0, 0.05) is 41.3 Å². The predicted molar refractivity (Wildman–Crippen MR) is 183 cm³/mol. The number of hydrogen-bond donors (Lipinski definition) is 7. The summed E-state index contributed by atoms with van der Waals surface area (Å²) in [5.41, 5.74) is 1.01. The summed E-state index contributed by atoms with van der Waals surface area (Å²) in [6.07, 6.45) is -2.48. The van der Waals surface area contributed by atoms with Gasteiger partial charge < -0.3 is 50.2 Å². The highest BCUT2D eigenvalue weighted by molar-refractivity contribution is 6.31. The smallest absolute Gasteiger partial charge is 0.308 e. The van der Waals surface area contributed by atoms with E-state index < -0.39 is 60.6 Å². The first-order valence-electron chi connectivity index (χ1n) is 16.9. The molecule has 2 heterocycles. The van der Waals surface area contributed by atoms with E-state index in [0.717, 1.165) is 5.56 Å². The fourth-order valence-electron chi connectivity index (χ4n) is 7.08. The van der Waals surface area contributed by atoms with Crippen LogP contribution in [0.3, 0.4) is 0 Å². The molecule has 0 radical (unpaired) electrons. The molecule has 3 aliphatic rings. The molecule has 0 bridgehead atoms. The van der Waals surface area contributed by atoms with Crippen LogP contribution in [0.25, 0.3) is 12.2 Å². The van der Waals surface area contributed by atoms with E-state index >= 15 is 0 Å². The Morgan fingerprint density at radius 1 is 0.941 bits per heavy atom. The van der Waals surface area contributed by atoms with Gasteiger partial charge in [-0.15, -0.1) is 0 Å². The molecule has 2 fully saturated rings. The average Bonchev–Trinajstić information content (AvgIpc) is 3.11. The highest BCUT2D eigenvalue weighted by atomic mass is 16.7. The third-order valence-electron chi connectivity index (χ3n) is 9.66. The number of aromatic hydroxyl groups is 1. The van der Waals surface area contributed by atoms with E-state index in [9.17, 15) is 45.0 Å². The number of rotatable bonds is 9. The Hall–Kier alpha value is -4.47. The van der Waals surface area contributed by atoms with Crippen LogP contribution in [0.15, 0.2) is 36.4 Å². The van der Waals surface area contributed by atoms with Gasteiger partial charge in [-0.1, -0.05) is 30.3 Å². The number of hydrogen-bond acceptors (Lipinski definition) is 13. The first kappa shape index (κ1) is 36.3. The second-order valence-corrected chi connectivity index (χ2v) is 13.0. The number of piperidine rings is 1. The number of fused-ring (bicyclic) bond motifs is 2. The van der Waals surface area contributed by atoms with E-state index in [1.54, 1.807) is 18.2 Å². The lowest BCUT2D eigenvalue weighted by atomic mass is 9.76. The van der Waals surface area contributed by atoms with Crippen molar-refractivity contribution in [2.24, 2.45) is 0 Å². The van der Waals surface area contributed by atoms with E-state index in [-0.39, 0.29) is 63.0 Å². The van der Waals surface area contributed by atoms with Crippen LogP contribution < -0.4 is 14.8 Å². The summed E-state index contributed by atoms with van der Waals surface area (Å²) in [5, 5.41) is 66.5. The molecule has 0 aromatic heterocycles. The number of esters is 1. The Morgan fingerprint density at radius 2 is 1.69 bits per heavy atom. The van der Waals surface area contributed by atoms with Crippen LogP contribution in [0.4, 0.5) is 0 Å². The molecule has 5 atom stereocenters. The zero-order valence-corrected chi connectivity index (χ0v) is 28.2. The highest BCUT2D eigenvalue weighted by Gasteiger charge is 2.45. The van der Waals surface area contributed by atoms with Crippen LogP contribution in [0.1, 0.15) is 92.3 Å². The minimum Gasteiger partial charge on any atom is -0.507 e. The first-order valence-corrected chi connectivity index (χ1v) is 16.9. The van der Waals surface area contributed by atoms with Crippen LogP contribution >= 0.6 is 0 Å². The lowest BCUT2D eigenvalue weighted by Crippen LogP contribution is -2.58. The van der Waals surface area contributed by atoms with E-state index in [4.69, 9.17) is 14.2 Å². The van der Waals surface area contributed by atoms with Gasteiger partial charge in [-0.05, 0) is 80.1 Å². The number of carbonyl (C=O) groups excluding carboxylic acids is 3. The molecule has 6 rings (SSSR count). The lowest BCUT2D eigenvalue weighted by molar-refractivity contribution is -0.268. The Balaban J connectivity index is 1.54. The normalized spacial score (nSPS) is 23.6. The summed E-state index contributed by atoms with van der Waals surface area (Å²) in [4.78, 5) is 41.4. The number of aliphatic hydroxyl groups is 5. The maximum atomic E-state index is 14.7. The van der Waals surface area contributed by atoms with E-state index in [2.05, 4.69) is 5.32 Å². The van der Waals surface area contributed by atoms with Crippen molar-refractivity contribution >= 4 is 29.7 Å². The van der Waals surface area contributed by atoms with E-state index in [0.29, 0.717) is 37.9 Å². The highest BCUT2D eigenvalue weighted by Crippen LogP contribution is 2.48. The lowest BCUT2D eigenvalue weighted by Gasteiger charge is -2.39. The molecule has 270 valence electrons. The number of nitrogens with one attached hydrogen (secondary N) is 1. The van der Waals surface area contributed by atoms with E-state index in [1.807, 2.05) is 12.1 Å².